The molecule has 0 saturated heterocycles. The summed E-state index contributed by atoms with van der Waals surface area (Å²) in [5, 5.41) is 15.1. The number of nitrogens with one attached hydrogen (secondary N) is 2. The maximum absolute atomic E-state index is 14.3. The average molecular weight is 434 g/mol. The van der Waals surface area contributed by atoms with Crippen LogP contribution in [0.3, 0.4) is 0 Å². The molecule has 1 heterocycles. The van der Waals surface area contributed by atoms with Crippen molar-refractivity contribution in [2.45, 2.75) is 26.1 Å². The van der Waals surface area contributed by atoms with Crippen LogP contribution in [0.2, 0.25) is 0 Å². The Labute approximate surface area is 177 Å². The lowest BCUT2D eigenvalue weighted by atomic mass is 10.1. The topological polar surface area (TPSA) is 70.1 Å². The van der Waals surface area contributed by atoms with Crippen LogP contribution in [-0.2, 0) is 6.18 Å². The number of hydrogen-bond donors (Lipinski definition) is 3. The highest BCUT2D eigenvalue weighted by atomic mass is 19.4. The Bertz CT molecular complexity index is 1030. The molecule has 0 aliphatic heterocycles. The van der Waals surface area contributed by atoms with E-state index in [0.29, 0.717) is 11.3 Å². The van der Waals surface area contributed by atoms with Gasteiger partial charge >= 0.3 is 6.18 Å². The number of aliphatic hydroxyl groups is 1. The summed E-state index contributed by atoms with van der Waals surface area (Å²) < 4.78 is 54.5. The van der Waals surface area contributed by atoms with Crippen LogP contribution in [0.25, 0.3) is 11.3 Å². The van der Waals surface area contributed by atoms with Gasteiger partial charge < -0.3 is 15.7 Å². The number of para-hydroxylation sites is 1. The van der Waals surface area contributed by atoms with Crippen LogP contribution in [0.5, 0.6) is 0 Å². The molecule has 3 aromatic rings. The predicted molar refractivity (Wildman–Crippen MR) is 111 cm³/mol. The molecular weight excluding hydrogens is 412 g/mol. The molecule has 1 atom stereocenters. The maximum Gasteiger partial charge on any atom is 0.418 e. The lowest BCUT2D eigenvalue weighted by Gasteiger charge is -2.21. The number of aliphatic hydroxyl groups excluding tert-OH is 1. The van der Waals surface area contributed by atoms with Crippen LogP contribution in [-0.4, -0.2) is 27.7 Å². The highest BCUT2D eigenvalue weighted by molar-refractivity contribution is 5.69. The predicted octanol–water partition coefficient (Wildman–Crippen LogP) is 5.47. The fourth-order valence-electron chi connectivity index (χ4n) is 2.94. The highest BCUT2D eigenvalue weighted by Gasteiger charge is 2.35. The van der Waals surface area contributed by atoms with E-state index in [-0.39, 0.29) is 30.3 Å². The van der Waals surface area contributed by atoms with E-state index >= 15 is 0 Å². The molecule has 0 fully saturated rings. The highest BCUT2D eigenvalue weighted by Crippen LogP contribution is 2.37. The summed E-state index contributed by atoms with van der Waals surface area (Å²) in [6, 6.07) is 12.8. The molecule has 1 aromatic heterocycles. The molecule has 0 bridgehead atoms. The van der Waals surface area contributed by atoms with Crippen molar-refractivity contribution < 1.29 is 22.7 Å². The Hall–Kier alpha value is -3.20. The molecule has 3 N–H and O–H groups in total. The third kappa shape index (κ3) is 5.49. The quantitative estimate of drug-likeness (QED) is 0.430. The third-order valence-electron chi connectivity index (χ3n) is 4.68. The van der Waals surface area contributed by atoms with Crippen LogP contribution in [0.4, 0.5) is 35.0 Å². The minimum atomic E-state index is -4.75. The molecular formula is C22H22F4N4O. The molecule has 3 rings (SSSR count). The van der Waals surface area contributed by atoms with E-state index in [1.54, 1.807) is 24.3 Å². The molecule has 9 heteroatoms. The Balaban J connectivity index is 2.07. The summed E-state index contributed by atoms with van der Waals surface area (Å²) in [5.41, 5.74) is -0.741. The van der Waals surface area contributed by atoms with Crippen molar-refractivity contribution in [3.63, 3.8) is 0 Å². The summed E-state index contributed by atoms with van der Waals surface area (Å²) >= 11 is 0. The first-order valence-electron chi connectivity index (χ1n) is 9.63. The fourth-order valence-corrected chi connectivity index (χ4v) is 2.94. The van der Waals surface area contributed by atoms with Gasteiger partial charge in [0.15, 0.2) is 0 Å². The van der Waals surface area contributed by atoms with Crippen LogP contribution in [0.1, 0.15) is 19.4 Å². The van der Waals surface area contributed by atoms with E-state index in [1.165, 1.54) is 6.07 Å². The molecule has 0 unspecified atom stereocenters. The third-order valence-corrected chi connectivity index (χ3v) is 4.68. The molecule has 0 aliphatic rings. The number of hydrogen-bond acceptors (Lipinski definition) is 5. The number of nitrogens with zero attached hydrogens (tertiary/aromatic N) is 2. The second-order valence-electron chi connectivity index (χ2n) is 7.29. The van der Waals surface area contributed by atoms with Crippen LogP contribution in [0.15, 0.2) is 54.6 Å². The van der Waals surface area contributed by atoms with E-state index < -0.39 is 23.2 Å². The number of halogens is 4. The molecule has 2 aromatic carbocycles. The Morgan fingerprint density at radius 3 is 2.32 bits per heavy atom. The van der Waals surface area contributed by atoms with E-state index in [1.807, 2.05) is 19.9 Å². The second kappa shape index (κ2) is 9.30. The average Bonchev–Trinajstić information content (AvgIpc) is 2.73. The van der Waals surface area contributed by atoms with Crippen molar-refractivity contribution in [3.8, 4) is 11.3 Å². The standard InChI is InChI=1S/C22H22F4N4O/c1-13(2)18(12-31)28-21-27-17(14-7-4-3-5-8-14)11-19(30-21)29-20-15(22(24,25)26)9-6-10-16(20)23/h3-11,13,18,31H,12H2,1-2H3,(H2,27,28,29,30)/t18-/m0/s1. The molecule has 0 spiro atoms. The monoisotopic (exact) mass is 434 g/mol. The number of alkyl halides is 3. The molecule has 31 heavy (non-hydrogen) atoms. The van der Waals surface area contributed by atoms with Gasteiger partial charge in [-0.1, -0.05) is 50.2 Å². The number of benzene rings is 2. The SMILES string of the molecule is CC(C)[C@H](CO)Nc1nc(Nc2c(F)cccc2C(F)(F)F)cc(-c2ccccc2)n1. The van der Waals surface area contributed by atoms with Crippen molar-refractivity contribution in [3.05, 3.63) is 66.0 Å². The van der Waals surface area contributed by atoms with Gasteiger partial charge in [-0.15, -0.1) is 0 Å². The van der Waals surface area contributed by atoms with Crippen molar-refractivity contribution >= 4 is 17.5 Å². The summed E-state index contributed by atoms with van der Waals surface area (Å²) in [6.45, 7) is 3.59. The Morgan fingerprint density at radius 2 is 1.71 bits per heavy atom. The Morgan fingerprint density at radius 1 is 1.00 bits per heavy atom. The molecule has 0 radical (unpaired) electrons. The lowest BCUT2D eigenvalue weighted by Crippen LogP contribution is -2.30. The van der Waals surface area contributed by atoms with Gasteiger partial charge in [0.05, 0.1) is 29.6 Å². The molecule has 0 amide bonds. The molecule has 164 valence electrons. The normalized spacial score (nSPS) is 12.6. The van der Waals surface area contributed by atoms with Crippen molar-refractivity contribution in [1.82, 2.24) is 9.97 Å². The van der Waals surface area contributed by atoms with E-state index in [9.17, 15) is 22.7 Å². The summed E-state index contributed by atoms with van der Waals surface area (Å²) in [4.78, 5) is 8.63. The summed E-state index contributed by atoms with van der Waals surface area (Å²) in [5.74, 6) is -0.942. The van der Waals surface area contributed by atoms with Crippen molar-refractivity contribution in [2.24, 2.45) is 5.92 Å². The first-order chi connectivity index (χ1) is 14.7. The van der Waals surface area contributed by atoms with E-state index in [0.717, 1.165) is 18.2 Å². The first kappa shape index (κ1) is 22.5. The van der Waals surface area contributed by atoms with Gasteiger partial charge in [0.25, 0.3) is 0 Å². The van der Waals surface area contributed by atoms with E-state index in [4.69, 9.17) is 0 Å². The summed E-state index contributed by atoms with van der Waals surface area (Å²) in [6.07, 6.45) is -4.75. The smallest absolute Gasteiger partial charge is 0.394 e. The molecule has 5 nitrogen and oxygen atoms in total. The fraction of sp³-hybridized carbons (Fsp3) is 0.273. The van der Waals surface area contributed by atoms with Crippen LogP contribution >= 0.6 is 0 Å². The van der Waals surface area contributed by atoms with Crippen molar-refractivity contribution in [2.75, 3.05) is 17.2 Å². The zero-order valence-corrected chi connectivity index (χ0v) is 16.9. The van der Waals surface area contributed by atoms with Gasteiger partial charge in [-0.2, -0.15) is 18.2 Å². The second-order valence-corrected chi connectivity index (χ2v) is 7.29. The minimum Gasteiger partial charge on any atom is -0.394 e. The minimum absolute atomic E-state index is 0.0209. The van der Waals surface area contributed by atoms with Gasteiger partial charge in [0.1, 0.15) is 11.6 Å². The van der Waals surface area contributed by atoms with Crippen LogP contribution in [0, 0.1) is 11.7 Å². The number of anilines is 3. The van der Waals surface area contributed by atoms with E-state index in [2.05, 4.69) is 20.6 Å². The number of rotatable bonds is 7. The van der Waals surface area contributed by atoms with Gasteiger partial charge in [0, 0.05) is 11.6 Å². The van der Waals surface area contributed by atoms with Crippen molar-refractivity contribution in [1.29, 1.82) is 0 Å². The largest absolute Gasteiger partial charge is 0.418 e. The van der Waals surface area contributed by atoms with Gasteiger partial charge in [0.2, 0.25) is 5.95 Å². The van der Waals surface area contributed by atoms with Gasteiger partial charge in [-0.3, -0.25) is 0 Å². The zero-order valence-electron chi connectivity index (χ0n) is 16.9. The van der Waals surface area contributed by atoms with Gasteiger partial charge in [-0.05, 0) is 18.1 Å². The molecule has 0 saturated carbocycles. The first-order valence-corrected chi connectivity index (χ1v) is 9.63. The number of aromatic nitrogens is 2. The summed E-state index contributed by atoms with van der Waals surface area (Å²) in [7, 11) is 0. The Kier molecular flexibility index (Phi) is 6.74. The molecule has 0 aliphatic carbocycles. The lowest BCUT2D eigenvalue weighted by molar-refractivity contribution is -0.137. The van der Waals surface area contributed by atoms with Crippen LogP contribution < -0.4 is 10.6 Å². The zero-order chi connectivity index (χ0) is 22.6. The maximum atomic E-state index is 14.3. The van der Waals surface area contributed by atoms with Gasteiger partial charge in [-0.25, -0.2) is 9.37 Å².